The van der Waals surface area contributed by atoms with Crippen molar-refractivity contribution in [3.8, 4) is 0 Å². The number of guanidine groups is 1. The molecule has 1 atom stereocenters. The van der Waals surface area contributed by atoms with E-state index in [1.807, 2.05) is 24.9 Å². The summed E-state index contributed by atoms with van der Waals surface area (Å²) in [5.74, 6) is 0.696. The summed E-state index contributed by atoms with van der Waals surface area (Å²) < 4.78 is 14.9. The zero-order chi connectivity index (χ0) is 24.9. The zero-order valence-corrected chi connectivity index (χ0v) is 21.8. The van der Waals surface area contributed by atoms with Crippen molar-refractivity contribution in [1.29, 1.82) is 0 Å². The van der Waals surface area contributed by atoms with Crippen LogP contribution in [0.1, 0.15) is 64.3 Å². The number of hydrogen-bond acceptors (Lipinski definition) is 6. The lowest BCUT2D eigenvalue weighted by Gasteiger charge is -2.29. The molecule has 3 aliphatic heterocycles. The number of carbonyl (C=O) groups is 1. The topological polar surface area (TPSA) is 60.0 Å². The highest BCUT2D eigenvalue weighted by molar-refractivity contribution is 7.13. The predicted molar refractivity (Wildman–Crippen MR) is 140 cm³/mol. The first-order chi connectivity index (χ1) is 16.7. The third kappa shape index (κ3) is 4.16. The molecule has 1 unspecified atom stereocenters. The Hall–Kier alpha value is -2.71. The first-order valence-electron chi connectivity index (χ1n) is 12.4. The van der Waals surface area contributed by atoms with Crippen LogP contribution in [-0.4, -0.2) is 48.9 Å². The highest BCUT2D eigenvalue weighted by Crippen LogP contribution is 2.60. The van der Waals surface area contributed by atoms with Crippen molar-refractivity contribution < 1.29 is 9.18 Å². The molecule has 35 heavy (non-hydrogen) atoms. The van der Waals surface area contributed by atoms with E-state index in [1.54, 1.807) is 0 Å². The van der Waals surface area contributed by atoms with Gasteiger partial charge >= 0.3 is 0 Å². The molecule has 2 N–H and O–H groups in total. The summed E-state index contributed by atoms with van der Waals surface area (Å²) in [5, 5.41) is 6.08. The van der Waals surface area contributed by atoms with Crippen molar-refractivity contribution in [2.24, 2.45) is 10.9 Å². The van der Waals surface area contributed by atoms with Gasteiger partial charge in [-0.2, -0.15) is 0 Å². The average Bonchev–Trinajstić information content (AvgIpc) is 3.54. The number of allylic oxidation sites excluding steroid dienone is 4. The van der Waals surface area contributed by atoms with Gasteiger partial charge in [0.05, 0.1) is 11.1 Å². The SMILES string of the molecule is C=C(/C=C\C(=C/C)C1CCN(C)CC1)NC1=NC(c2sc3c(c2C)C(=O)N(C)C32CC2)C(F)=CN1. The van der Waals surface area contributed by atoms with Gasteiger partial charge in [0.1, 0.15) is 11.9 Å². The highest BCUT2D eigenvalue weighted by atomic mass is 32.1. The van der Waals surface area contributed by atoms with Gasteiger partial charge in [-0.1, -0.05) is 18.7 Å². The van der Waals surface area contributed by atoms with E-state index in [2.05, 4.69) is 53.2 Å². The van der Waals surface area contributed by atoms with Gasteiger partial charge in [-0.3, -0.25) is 4.79 Å². The Morgan fingerprint density at radius 3 is 2.69 bits per heavy atom. The molecule has 4 heterocycles. The van der Waals surface area contributed by atoms with E-state index in [0.29, 0.717) is 17.6 Å². The minimum Gasteiger partial charge on any atom is -0.331 e. The number of aliphatic imine (C=N–C) groups is 1. The molecular formula is C27H34FN5OS. The largest absolute Gasteiger partial charge is 0.331 e. The molecule has 2 fully saturated rings. The number of amides is 1. The van der Waals surface area contributed by atoms with Crippen molar-refractivity contribution in [1.82, 2.24) is 20.4 Å². The second-order valence-electron chi connectivity index (χ2n) is 10.1. The van der Waals surface area contributed by atoms with Crippen LogP contribution in [-0.2, 0) is 5.54 Å². The molecule has 1 saturated carbocycles. The van der Waals surface area contributed by atoms with Gasteiger partial charge < -0.3 is 20.4 Å². The van der Waals surface area contributed by atoms with Gasteiger partial charge in [0, 0.05) is 28.7 Å². The molecule has 5 rings (SSSR count). The Morgan fingerprint density at radius 2 is 2.03 bits per heavy atom. The number of fused-ring (bicyclic) bond motifs is 2. The summed E-state index contributed by atoms with van der Waals surface area (Å²) in [6.07, 6.45) is 11.9. The van der Waals surface area contributed by atoms with Gasteiger partial charge in [-0.15, -0.1) is 11.3 Å². The van der Waals surface area contributed by atoms with Gasteiger partial charge in [0.2, 0.25) is 5.96 Å². The first-order valence-corrected chi connectivity index (χ1v) is 13.2. The summed E-state index contributed by atoms with van der Waals surface area (Å²) in [6, 6.07) is -0.759. The predicted octanol–water partition coefficient (Wildman–Crippen LogP) is 4.89. The lowest BCUT2D eigenvalue weighted by Crippen LogP contribution is -2.36. The van der Waals surface area contributed by atoms with E-state index in [-0.39, 0.29) is 17.3 Å². The molecule has 186 valence electrons. The van der Waals surface area contributed by atoms with Gasteiger partial charge in [0.25, 0.3) is 5.91 Å². The summed E-state index contributed by atoms with van der Waals surface area (Å²) in [6.45, 7) is 10.3. The molecule has 4 aliphatic rings. The number of thiophene rings is 1. The van der Waals surface area contributed by atoms with Crippen LogP contribution in [0.5, 0.6) is 0 Å². The molecule has 6 nitrogen and oxygen atoms in total. The van der Waals surface area contributed by atoms with E-state index >= 15 is 0 Å². The van der Waals surface area contributed by atoms with E-state index in [1.165, 1.54) is 23.1 Å². The van der Waals surface area contributed by atoms with E-state index in [4.69, 9.17) is 0 Å². The summed E-state index contributed by atoms with van der Waals surface area (Å²) in [4.78, 5) is 23.6. The number of carbonyl (C=O) groups excluding carboxylic acids is 1. The number of piperidine rings is 1. The van der Waals surface area contributed by atoms with Gasteiger partial charge in [0.15, 0.2) is 0 Å². The molecule has 8 heteroatoms. The lowest BCUT2D eigenvalue weighted by atomic mass is 9.89. The standard InChI is InChI=1S/C27H34FN5OS/c1-6-18(19-9-13-32(4)14-10-19)8-7-16(2)30-26-29-15-20(28)22(31-26)23-17(3)21-24(35-23)27(11-12-27)33(5)25(21)34/h6-8,15,19,22H,2,9-14H2,1,3-5H3,(H2,29,30,31)/b8-7-,18-6+. The number of halogens is 1. The fraction of sp³-hybridized carbons (Fsp3) is 0.481. The number of rotatable bonds is 5. The molecule has 1 amide bonds. The Kier molecular flexibility index (Phi) is 6.21. The Labute approximate surface area is 211 Å². The minimum absolute atomic E-state index is 0.0426. The fourth-order valence-electron chi connectivity index (χ4n) is 5.47. The zero-order valence-electron chi connectivity index (χ0n) is 20.9. The molecule has 1 aromatic rings. The highest BCUT2D eigenvalue weighted by Gasteiger charge is 2.58. The fourth-order valence-corrected chi connectivity index (χ4v) is 7.09. The van der Waals surface area contributed by atoms with Crippen molar-refractivity contribution in [3.63, 3.8) is 0 Å². The second kappa shape index (κ2) is 9.06. The van der Waals surface area contributed by atoms with Crippen molar-refractivity contribution in [2.45, 2.75) is 51.1 Å². The van der Waals surface area contributed by atoms with Gasteiger partial charge in [-0.05, 0) is 82.8 Å². The van der Waals surface area contributed by atoms with E-state index in [0.717, 1.165) is 59.7 Å². The number of nitrogens with one attached hydrogen (secondary N) is 2. The maximum absolute atomic E-state index is 14.9. The quantitative estimate of drug-likeness (QED) is 0.571. The average molecular weight is 496 g/mol. The van der Waals surface area contributed by atoms with E-state index in [9.17, 15) is 9.18 Å². The monoisotopic (exact) mass is 495 g/mol. The van der Waals surface area contributed by atoms with Crippen LogP contribution >= 0.6 is 11.3 Å². The molecule has 0 radical (unpaired) electrons. The van der Waals surface area contributed by atoms with Crippen molar-refractivity contribution in [2.75, 3.05) is 27.2 Å². The van der Waals surface area contributed by atoms with E-state index < -0.39 is 6.04 Å². The molecular weight excluding hydrogens is 461 g/mol. The van der Waals surface area contributed by atoms with Crippen LogP contribution in [0.2, 0.25) is 0 Å². The molecule has 0 aromatic carbocycles. The normalized spacial score (nSPS) is 24.5. The Bertz CT molecular complexity index is 1180. The van der Waals surface area contributed by atoms with Crippen molar-refractivity contribution >= 4 is 23.2 Å². The molecule has 1 spiro atoms. The number of nitrogens with zero attached hydrogens (tertiary/aromatic N) is 3. The minimum atomic E-state index is -0.759. The summed E-state index contributed by atoms with van der Waals surface area (Å²) in [5.41, 5.74) is 3.42. The van der Waals surface area contributed by atoms with Crippen LogP contribution in [0.4, 0.5) is 4.39 Å². The molecule has 1 saturated heterocycles. The molecule has 1 aromatic heterocycles. The van der Waals surface area contributed by atoms with Crippen LogP contribution < -0.4 is 10.6 Å². The van der Waals surface area contributed by atoms with Crippen LogP contribution in [0.25, 0.3) is 0 Å². The maximum atomic E-state index is 14.9. The molecule has 0 bridgehead atoms. The second-order valence-corrected chi connectivity index (χ2v) is 11.1. The van der Waals surface area contributed by atoms with Crippen molar-refractivity contribution in [3.05, 3.63) is 69.0 Å². The smallest absolute Gasteiger partial charge is 0.255 e. The Balaban J connectivity index is 1.30. The Morgan fingerprint density at radius 1 is 1.31 bits per heavy atom. The summed E-state index contributed by atoms with van der Waals surface area (Å²) in [7, 11) is 4.04. The molecule has 1 aliphatic carbocycles. The van der Waals surface area contributed by atoms with Gasteiger partial charge in [-0.25, -0.2) is 9.38 Å². The summed E-state index contributed by atoms with van der Waals surface area (Å²) >= 11 is 1.54. The van der Waals surface area contributed by atoms with Crippen LogP contribution in [0.15, 0.2) is 53.1 Å². The van der Waals surface area contributed by atoms with Crippen LogP contribution in [0, 0.1) is 12.8 Å². The number of likely N-dealkylation sites (tertiary alicyclic amines) is 1. The van der Waals surface area contributed by atoms with Crippen LogP contribution in [0.3, 0.4) is 0 Å². The first kappa shape index (κ1) is 24.0. The lowest BCUT2D eigenvalue weighted by molar-refractivity contribution is 0.0755. The maximum Gasteiger partial charge on any atom is 0.255 e. The third-order valence-corrected chi connectivity index (χ3v) is 9.42. The number of hydrogen-bond donors (Lipinski definition) is 2. The third-order valence-electron chi connectivity index (χ3n) is 7.88.